The molecule has 2 aromatic rings. The summed E-state index contributed by atoms with van der Waals surface area (Å²) < 4.78 is 39.2. The Labute approximate surface area is 126 Å². The van der Waals surface area contributed by atoms with Crippen molar-refractivity contribution >= 4 is 21.8 Å². The first-order valence-electron chi connectivity index (χ1n) is 5.82. The molecule has 0 saturated heterocycles. The third kappa shape index (κ3) is 3.60. The molecule has 0 fully saturated rings. The van der Waals surface area contributed by atoms with E-state index in [0.717, 1.165) is 12.1 Å². The molecule has 1 atom stereocenters. The van der Waals surface area contributed by atoms with E-state index in [0.29, 0.717) is 5.82 Å². The third-order valence-corrected chi connectivity index (χ3v) is 3.22. The lowest BCUT2D eigenvalue weighted by Crippen LogP contribution is -2.29. The molecule has 0 aliphatic heterocycles. The second kappa shape index (κ2) is 5.84. The summed E-state index contributed by atoms with van der Waals surface area (Å²) in [6, 6.07) is 2.77. The number of halogens is 4. The molecule has 0 radical (unpaired) electrons. The zero-order valence-electron chi connectivity index (χ0n) is 10.7. The van der Waals surface area contributed by atoms with Crippen LogP contribution in [0.3, 0.4) is 0 Å². The number of nitrogens with one attached hydrogen (secondary N) is 2. The highest BCUT2D eigenvalue weighted by Crippen LogP contribution is 2.34. The molecule has 5 nitrogen and oxygen atoms in total. The minimum Gasteiger partial charge on any atom is -0.342 e. The van der Waals surface area contributed by atoms with Crippen molar-refractivity contribution in [2.75, 3.05) is 0 Å². The number of H-pyrrole nitrogens is 1. The van der Waals surface area contributed by atoms with Gasteiger partial charge < -0.3 is 5.32 Å². The van der Waals surface area contributed by atoms with Gasteiger partial charge in [0.1, 0.15) is 12.2 Å². The number of hydrogen-bond donors (Lipinski definition) is 2. The molecule has 2 rings (SSSR count). The molecular weight excluding hydrogens is 353 g/mol. The first-order chi connectivity index (χ1) is 9.79. The normalized spacial score (nSPS) is 13.0. The summed E-state index contributed by atoms with van der Waals surface area (Å²) in [4.78, 5) is 15.9. The van der Waals surface area contributed by atoms with Crippen LogP contribution in [0.5, 0.6) is 0 Å². The maximum atomic E-state index is 13.0. The summed E-state index contributed by atoms with van der Waals surface area (Å²) in [6.07, 6.45) is -3.37. The first kappa shape index (κ1) is 15.5. The molecule has 1 heterocycles. The fourth-order valence-electron chi connectivity index (χ4n) is 1.72. The lowest BCUT2D eigenvalue weighted by Gasteiger charge is -2.15. The lowest BCUT2D eigenvalue weighted by atomic mass is 10.1. The number of aromatic amines is 1. The molecular formula is C12H10BrF3N4O. The number of carbonyl (C=O) groups excluding carboxylic acids is 1. The van der Waals surface area contributed by atoms with Gasteiger partial charge in [0.15, 0.2) is 0 Å². The fraction of sp³-hybridized carbons (Fsp3) is 0.250. The zero-order chi connectivity index (χ0) is 15.6. The van der Waals surface area contributed by atoms with Gasteiger partial charge in [-0.25, -0.2) is 4.98 Å². The first-order valence-corrected chi connectivity index (χ1v) is 6.61. The number of benzene rings is 1. The zero-order valence-corrected chi connectivity index (χ0v) is 12.3. The summed E-state index contributed by atoms with van der Waals surface area (Å²) in [5, 5.41) is 8.60. The van der Waals surface area contributed by atoms with Crippen LogP contribution in [-0.2, 0) is 6.18 Å². The van der Waals surface area contributed by atoms with E-state index in [4.69, 9.17) is 0 Å². The number of hydrogen-bond acceptors (Lipinski definition) is 3. The number of amides is 1. The van der Waals surface area contributed by atoms with Crippen molar-refractivity contribution in [3.05, 3.63) is 46.0 Å². The van der Waals surface area contributed by atoms with E-state index in [1.54, 1.807) is 6.92 Å². The van der Waals surface area contributed by atoms with Crippen LogP contribution in [-0.4, -0.2) is 21.1 Å². The van der Waals surface area contributed by atoms with Crippen LogP contribution in [0.4, 0.5) is 13.2 Å². The lowest BCUT2D eigenvalue weighted by molar-refractivity contribution is -0.138. The maximum Gasteiger partial charge on any atom is 0.417 e. The molecule has 0 spiro atoms. The predicted octanol–water partition coefficient (Wildman–Crippen LogP) is 3.08. The molecule has 1 amide bonds. The van der Waals surface area contributed by atoms with Crippen molar-refractivity contribution in [2.45, 2.75) is 19.1 Å². The van der Waals surface area contributed by atoms with Crippen LogP contribution in [0.25, 0.3) is 0 Å². The van der Waals surface area contributed by atoms with Crippen molar-refractivity contribution in [3.8, 4) is 0 Å². The van der Waals surface area contributed by atoms with Crippen LogP contribution in [0.15, 0.2) is 29.0 Å². The number of alkyl halides is 3. The van der Waals surface area contributed by atoms with Gasteiger partial charge in [-0.15, -0.1) is 0 Å². The second-order valence-electron chi connectivity index (χ2n) is 4.25. The van der Waals surface area contributed by atoms with Gasteiger partial charge in [0.2, 0.25) is 0 Å². The van der Waals surface area contributed by atoms with E-state index in [1.807, 2.05) is 0 Å². The summed E-state index contributed by atoms with van der Waals surface area (Å²) in [7, 11) is 0. The van der Waals surface area contributed by atoms with E-state index >= 15 is 0 Å². The molecule has 1 aromatic heterocycles. The molecule has 0 saturated carbocycles. The van der Waals surface area contributed by atoms with Gasteiger partial charge in [-0.1, -0.05) is 15.9 Å². The van der Waals surface area contributed by atoms with Gasteiger partial charge in [0.05, 0.1) is 17.2 Å². The average molecular weight is 363 g/mol. The van der Waals surface area contributed by atoms with Crippen LogP contribution in [0.2, 0.25) is 0 Å². The largest absolute Gasteiger partial charge is 0.417 e. The van der Waals surface area contributed by atoms with Crippen molar-refractivity contribution in [2.24, 2.45) is 0 Å². The Balaban J connectivity index is 2.27. The summed E-state index contributed by atoms with van der Waals surface area (Å²) >= 11 is 2.97. The Bertz CT molecular complexity index is 642. The SMILES string of the molecule is CC(NC(=O)c1ccc(Br)cc1C(F)(F)F)c1ncn[nH]1. The minimum atomic E-state index is -4.62. The van der Waals surface area contributed by atoms with Gasteiger partial charge in [0.25, 0.3) is 5.91 Å². The molecule has 1 unspecified atom stereocenters. The molecule has 0 bridgehead atoms. The molecule has 2 N–H and O–H groups in total. The summed E-state index contributed by atoms with van der Waals surface area (Å²) in [6.45, 7) is 1.59. The minimum absolute atomic E-state index is 0.245. The van der Waals surface area contributed by atoms with Crippen LogP contribution >= 0.6 is 15.9 Å². The van der Waals surface area contributed by atoms with E-state index < -0.39 is 29.3 Å². The van der Waals surface area contributed by atoms with E-state index in [-0.39, 0.29) is 4.47 Å². The van der Waals surface area contributed by atoms with Crippen molar-refractivity contribution in [1.82, 2.24) is 20.5 Å². The van der Waals surface area contributed by atoms with Gasteiger partial charge in [-0.05, 0) is 25.1 Å². The van der Waals surface area contributed by atoms with Crippen LogP contribution in [0.1, 0.15) is 34.7 Å². The van der Waals surface area contributed by atoms with E-state index in [2.05, 4.69) is 36.4 Å². The van der Waals surface area contributed by atoms with Gasteiger partial charge >= 0.3 is 6.18 Å². The molecule has 0 aliphatic carbocycles. The Hall–Kier alpha value is -1.90. The van der Waals surface area contributed by atoms with Gasteiger partial charge in [-0.3, -0.25) is 9.89 Å². The highest BCUT2D eigenvalue weighted by atomic mass is 79.9. The van der Waals surface area contributed by atoms with Crippen molar-refractivity contribution in [3.63, 3.8) is 0 Å². The standard InChI is InChI=1S/C12H10BrF3N4O/c1-6(10-17-5-18-20-10)19-11(21)8-3-2-7(13)4-9(8)12(14,15)16/h2-6H,1H3,(H,19,21)(H,17,18,20). The van der Waals surface area contributed by atoms with Crippen LogP contribution < -0.4 is 5.32 Å². The number of carbonyl (C=O) groups is 1. The highest BCUT2D eigenvalue weighted by molar-refractivity contribution is 9.10. The second-order valence-corrected chi connectivity index (χ2v) is 5.17. The number of rotatable bonds is 3. The molecule has 9 heteroatoms. The van der Waals surface area contributed by atoms with Crippen molar-refractivity contribution < 1.29 is 18.0 Å². The molecule has 112 valence electrons. The Morgan fingerprint density at radius 1 is 1.43 bits per heavy atom. The fourth-order valence-corrected chi connectivity index (χ4v) is 2.08. The molecule has 21 heavy (non-hydrogen) atoms. The summed E-state index contributed by atoms with van der Waals surface area (Å²) in [5.41, 5.74) is -1.45. The van der Waals surface area contributed by atoms with Gasteiger partial charge in [0, 0.05) is 4.47 Å². The predicted molar refractivity (Wildman–Crippen MR) is 71.4 cm³/mol. The maximum absolute atomic E-state index is 13.0. The Morgan fingerprint density at radius 2 is 2.14 bits per heavy atom. The Morgan fingerprint density at radius 3 is 2.71 bits per heavy atom. The van der Waals surface area contributed by atoms with E-state index in [9.17, 15) is 18.0 Å². The smallest absolute Gasteiger partial charge is 0.342 e. The number of nitrogens with zero attached hydrogens (tertiary/aromatic N) is 2. The monoisotopic (exact) mass is 362 g/mol. The quantitative estimate of drug-likeness (QED) is 0.881. The molecule has 1 aromatic carbocycles. The average Bonchev–Trinajstić information content (AvgIpc) is 2.91. The topological polar surface area (TPSA) is 70.7 Å². The van der Waals surface area contributed by atoms with Crippen LogP contribution in [0, 0.1) is 0 Å². The third-order valence-electron chi connectivity index (χ3n) is 2.72. The highest BCUT2D eigenvalue weighted by Gasteiger charge is 2.35. The number of aromatic nitrogens is 3. The Kier molecular flexibility index (Phi) is 4.31. The summed E-state index contributed by atoms with van der Waals surface area (Å²) in [5.74, 6) is -0.479. The van der Waals surface area contributed by atoms with Gasteiger partial charge in [-0.2, -0.15) is 18.3 Å². The molecule has 0 aliphatic rings. The van der Waals surface area contributed by atoms with Crippen molar-refractivity contribution in [1.29, 1.82) is 0 Å². The van der Waals surface area contributed by atoms with E-state index in [1.165, 1.54) is 12.4 Å².